The fraction of sp³-hybridized carbons (Fsp3) is 0.533. The molecule has 0 fully saturated rings. The van der Waals surface area contributed by atoms with Crippen LogP contribution in [0.5, 0.6) is 0 Å². The summed E-state index contributed by atoms with van der Waals surface area (Å²) in [5.41, 5.74) is 5.34. The van der Waals surface area contributed by atoms with Gasteiger partial charge in [0, 0.05) is 19.6 Å². The molecule has 0 spiro atoms. The van der Waals surface area contributed by atoms with Crippen LogP contribution in [0.3, 0.4) is 0 Å². The van der Waals surface area contributed by atoms with Gasteiger partial charge in [0.25, 0.3) is 0 Å². The molecule has 2 N–H and O–H groups in total. The molecule has 19 heavy (non-hydrogen) atoms. The zero-order valence-corrected chi connectivity index (χ0v) is 15.1. The first-order valence-electron chi connectivity index (χ1n) is 6.48. The molecule has 0 heterocycles. The van der Waals surface area contributed by atoms with E-state index in [1.807, 2.05) is 0 Å². The van der Waals surface area contributed by atoms with Crippen LogP contribution in [0.25, 0.3) is 0 Å². The Morgan fingerprint density at radius 1 is 1.16 bits per heavy atom. The molecule has 3 nitrogen and oxygen atoms in total. The molecular formula is C15H26IN3. The molecule has 0 unspecified atom stereocenters. The van der Waals surface area contributed by atoms with E-state index in [-0.39, 0.29) is 24.0 Å². The van der Waals surface area contributed by atoms with E-state index in [1.54, 1.807) is 7.05 Å². The summed E-state index contributed by atoms with van der Waals surface area (Å²) in [7, 11) is 1.80. The normalized spacial score (nSPS) is 11.2. The molecule has 0 aliphatic rings. The molecule has 4 heteroatoms. The van der Waals surface area contributed by atoms with Crippen LogP contribution in [0, 0.1) is 20.8 Å². The third kappa shape index (κ3) is 5.80. The van der Waals surface area contributed by atoms with Crippen LogP contribution in [0.1, 0.15) is 36.1 Å². The summed E-state index contributed by atoms with van der Waals surface area (Å²) >= 11 is 0. The minimum atomic E-state index is 0. The van der Waals surface area contributed by atoms with Crippen molar-refractivity contribution in [2.75, 3.05) is 7.05 Å². The number of halogens is 1. The fourth-order valence-electron chi connectivity index (χ4n) is 2.13. The summed E-state index contributed by atoms with van der Waals surface area (Å²) in [5, 5.41) is 6.65. The first-order chi connectivity index (χ1) is 8.43. The second kappa shape index (κ2) is 8.40. The molecule has 0 saturated heterocycles. The number of aryl methyl sites for hydroxylation is 3. The van der Waals surface area contributed by atoms with Crippen molar-refractivity contribution in [3.8, 4) is 0 Å². The number of aliphatic imine (C=N–C) groups is 1. The smallest absolute Gasteiger partial charge is 0.191 e. The molecule has 108 valence electrons. The molecule has 1 aromatic rings. The van der Waals surface area contributed by atoms with Gasteiger partial charge in [-0.15, -0.1) is 24.0 Å². The van der Waals surface area contributed by atoms with Crippen LogP contribution in [0.2, 0.25) is 0 Å². The molecule has 0 bridgehead atoms. The van der Waals surface area contributed by atoms with Crippen molar-refractivity contribution in [1.82, 2.24) is 10.6 Å². The van der Waals surface area contributed by atoms with Crippen LogP contribution in [0.4, 0.5) is 0 Å². The van der Waals surface area contributed by atoms with Crippen molar-refractivity contribution in [3.05, 3.63) is 34.4 Å². The van der Waals surface area contributed by atoms with E-state index in [0.29, 0.717) is 6.04 Å². The zero-order valence-electron chi connectivity index (χ0n) is 12.8. The van der Waals surface area contributed by atoms with E-state index >= 15 is 0 Å². The Kier molecular flexibility index (Phi) is 8.06. The van der Waals surface area contributed by atoms with Crippen LogP contribution >= 0.6 is 24.0 Å². The van der Waals surface area contributed by atoms with Crippen molar-refractivity contribution in [2.45, 2.75) is 47.2 Å². The number of guanidine groups is 1. The van der Waals surface area contributed by atoms with Crippen molar-refractivity contribution in [2.24, 2.45) is 4.99 Å². The highest BCUT2D eigenvalue weighted by Gasteiger charge is 2.05. The fourth-order valence-corrected chi connectivity index (χ4v) is 2.13. The van der Waals surface area contributed by atoms with Gasteiger partial charge in [-0.3, -0.25) is 4.99 Å². The molecule has 0 saturated carbocycles. The standard InChI is InChI=1S/C15H25N3.HI/c1-10(2)18-15(16-6)17-9-14-12(4)7-11(3)8-13(14)5;/h7-8,10H,9H2,1-6H3,(H2,16,17,18);1H. The molecule has 1 aromatic carbocycles. The largest absolute Gasteiger partial charge is 0.354 e. The van der Waals surface area contributed by atoms with E-state index in [9.17, 15) is 0 Å². The summed E-state index contributed by atoms with van der Waals surface area (Å²) in [6, 6.07) is 4.84. The highest BCUT2D eigenvalue weighted by Crippen LogP contribution is 2.15. The lowest BCUT2D eigenvalue weighted by Gasteiger charge is -2.17. The maximum atomic E-state index is 4.21. The maximum Gasteiger partial charge on any atom is 0.191 e. The van der Waals surface area contributed by atoms with Crippen molar-refractivity contribution >= 4 is 29.9 Å². The minimum Gasteiger partial charge on any atom is -0.354 e. The zero-order chi connectivity index (χ0) is 13.7. The second-order valence-corrected chi connectivity index (χ2v) is 5.10. The van der Waals surface area contributed by atoms with Gasteiger partial charge in [0.15, 0.2) is 5.96 Å². The van der Waals surface area contributed by atoms with E-state index in [2.05, 4.69) is 62.4 Å². The Morgan fingerprint density at radius 3 is 2.11 bits per heavy atom. The predicted molar refractivity (Wildman–Crippen MR) is 94.5 cm³/mol. The summed E-state index contributed by atoms with van der Waals surface area (Å²) in [4.78, 5) is 4.21. The summed E-state index contributed by atoms with van der Waals surface area (Å²) < 4.78 is 0. The van der Waals surface area contributed by atoms with Gasteiger partial charge in [0.05, 0.1) is 0 Å². The van der Waals surface area contributed by atoms with E-state index < -0.39 is 0 Å². The molecule has 0 amide bonds. The molecule has 0 aliphatic carbocycles. The lowest BCUT2D eigenvalue weighted by Crippen LogP contribution is -2.40. The van der Waals surface area contributed by atoms with Crippen molar-refractivity contribution in [3.63, 3.8) is 0 Å². The van der Waals surface area contributed by atoms with Gasteiger partial charge in [-0.1, -0.05) is 17.7 Å². The van der Waals surface area contributed by atoms with Crippen LogP contribution < -0.4 is 10.6 Å². The molecule has 0 aromatic heterocycles. The van der Waals surface area contributed by atoms with Gasteiger partial charge in [-0.2, -0.15) is 0 Å². The molecular weight excluding hydrogens is 349 g/mol. The second-order valence-electron chi connectivity index (χ2n) is 5.10. The monoisotopic (exact) mass is 375 g/mol. The highest BCUT2D eigenvalue weighted by atomic mass is 127. The van der Waals surface area contributed by atoms with E-state index in [1.165, 1.54) is 22.3 Å². The third-order valence-corrected chi connectivity index (χ3v) is 2.92. The summed E-state index contributed by atoms with van der Waals surface area (Å²) in [6.45, 7) is 11.5. The van der Waals surface area contributed by atoms with E-state index in [0.717, 1.165) is 12.5 Å². The van der Waals surface area contributed by atoms with Crippen LogP contribution in [-0.4, -0.2) is 19.0 Å². The molecule has 1 rings (SSSR count). The molecule has 0 atom stereocenters. The van der Waals surface area contributed by atoms with Gasteiger partial charge < -0.3 is 10.6 Å². The Morgan fingerprint density at radius 2 is 1.68 bits per heavy atom. The first-order valence-corrected chi connectivity index (χ1v) is 6.48. The van der Waals surface area contributed by atoms with Gasteiger partial charge in [-0.25, -0.2) is 0 Å². The molecule has 0 aliphatic heterocycles. The lowest BCUT2D eigenvalue weighted by atomic mass is 10.00. The number of rotatable bonds is 3. The summed E-state index contributed by atoms with van der Waals surface area (Å²) in [5.74, 6) is 0.851. The quantitative estimate of drug-likeness (QED) is 0.483. The number of benzene rings is 1. The number of nitrogens with one attached hydrogen (secondary N) is 2. The summed E-state index contributed by atoms with van der Waals surface area (Å²) in [6.07, 6.45) is 0. The van der Waals surface area contributed by atoms with Crippen LogP contribution in [0.15, 0.2) is 17.1 Å². The maximum absolute atomic E-state index is 4.21. The van der Waals surface area contributed by atoms with Gasteiger partial charge in [0.1, 0.15) is 0 Å². The van der Waals surface area contributed by atoms with Crippen molar-refractivity contribution < 1.29 is 0 Å². The number of hydrogen-bond donors (Lipinski definition) is 2. The highest BCUT2D eigenvalue weighted by molar-refractivity contribution is 14.0. The number of nitrogens with zero attached hydrogens (tertiary/aromatic N) is 1. The Balaban J connectivity index is 0.00000324. The average Bonchev–Trinajstić information content (AvgIpc) is 2.25. The Bertz CT molecular complexity index is 416. The Labute approximate surface area is 134 Å². The van der Waals surface area contributed by atoms with Gasteiger partial charge in [0.2, 0.25) is 0 Å². The number of hydrogen-bond acceptors (Lipinski definition) is 1. The predicted octanol–water partition coefficient (Wildman–Crippen LogP) is 3.30. The molecule has 0 radical (unpaired) electrons. The average molecular weight is 375 g/mol. The Hall–Kier alpha value is -0.780. The van der Waals surface area contributed by atoms with Crippen LogP contribution in [-0.2, 0) is 6.54 Å². The third-order valence-electron chi connectivity index (χ3n) is 2.92. The van der Waals surface area contributed by atoms with Gasteiger partial charge >= 0.3 is 0 Å². The lowest BCUT2D eigenvalue weighted by molar-refractivity contribution is 0.698. The minimum absolute atomic E-state index is 0. The van der Waals surface area contributed by atoms with E-state index in [4.69, 9.17) is 0 Å². The first kappa shape index (κ1) is 18.2. The van der Waals surface area contributed by atoms with Crippen molar-refractivity contribution in [1.29, 1.82) is 0 Å². The SMILES string of the molecule is CN=C(NCc1c(C)cc(C)cc1C)NC(C)C.I. The van der Waals surface area contributed by atoms with Gasteiger partial charge in [-0.05, 0) is 51.3 Å². The topological polar surface area (TPSA) is 36.4 Å².